The van der Waals surface area contributed by atoms with Crippen LogP contribution in [0.4, 0.5) is 11.4 Å². The summed E-state index contributed by atoms with van der Waals surface area (Å²) in [5, 5.41) is 3.70. The second-order valence-corrected chi connectivity index (χ2v) is 6.94. The number of benzene rings is 2. The van der Waals surface area contributed by atoms with Crippen molar-refractivity contribution in [2.45, 2.75) is 35.8 Å². The Morgan fingerprint density at radius 3 is 2.45 bits per heavy atom. The maximum absolute atomic E-state index is 12.4. The second kappa shape index (κ2) is 6.88. The number of nitrogens with one attached hydrogen (secondary N) is 1. The minimum atomic E-state index is -0.0977. The van der Waals surface area contributed by atoms with Gasteiger partial charge in [-0.25, -0.2) is 0 Å². The molecule has 3 nitrogen and oxygen atoms in total. The average Bonchev–Trinajstić information content (AvgIpc) is 3.03. The van der Waals surface area contributed by atoms with Crippen molar-refractivity contribution in [3.05, 3.63) is 54.1 Å². The third kappa shape index (κ3) is 3.63. The number of anilines is 2. The number of carbonyl (C=O) groups is 1. The zero-order chi connectivity index (χ0) is 15.4. The molecule has 0 radical (unpaired) electrons. The molecule has 2 aromatic carbocycles. The highest BCUT2D eigenvalue weighted by Crippen LogP contribution is 2.38. The summed E-state index contributed by atoms with van der Waals surface area (Å²) in [7, 11) is 0. The summed E-state index contributed by atoms with van der Waals surface area (Å²) in [4.78, 5) is 13.5. The van der Waals surface area contributed by atoms with Crippen molar-refractivity contribution in [1.82, 2.24) is 0 Å². The summed E-state index contributed by atoms with van der Waals surface area (Å²) in [5.41, 5.74) is 7.83. The Morgan fingerprint density at radius 2 is 1.73 bits per heavy atom. The first kappa shape index (κ1) is 15.0. The minimum Gasteiger partial charge on any atom is -0.399 e. The highest BCUT2D eigenvalue weighted by Gasteiger charge is 2.18. The van der Waals surface area contributed by atoms with E-state index in [1.165, 1.54) is 25.7 Å². The highest BCUT2D eigenvalue weighted by atomic mass is 32.2. The van der Waals surface area contributed by atoms with Crippen molar-refractivity contribution in [2.75, 3.05) is 11.1 Å². The monoisotopic (exact) mass is 312 g/mol. The maximum atomic E-state index is 12.4. The Bertz CT molecular complexity index is 648. The van der Waals surface area contributed by atoms with Crippen LogP contribution in [0.2, 0.25) is 0 Å². The van der Waals surface area contributed by atoms with Gasteiger partial charge >= 0.3 is 0 Å². The summed E-state index contributed by atoms with van der Waals surface area (Å²) in [5.74, 6) is -0.0977. The van der Waals surface area contributed by atoms with Crippen LogP contribution >= 0.6 is 11.8 Å². The fraction of sp³-hybridized carbons (Fsp3) is 0.278. The molecule has 4 heteroatoms. The molecular formula is C18H20N2OS. The van der Waals surface area contributed by atoms with Crippen LogP contribution in [0, 0.1) is 0 Å². The fourth-order valence-corrected chi connectivity index (χ4v) is 4.02. The van der Waals surface area contributed by atoms with Gasteiger partial charge in [0.1, 0.15) is 0 Å². The van der Waals surface area contributed by atoms with E-state index in [-0.39, 0.29) is 5.91 Å². The van der Waals surface area contributed by atoms with Gasteiger partial charge in [-0.05, 0) is 49.2 Å². The van der Waals surface area contributed by atoms with Crippen LogP contribution < -0.4 is 11.1 Å². The first-order valence-corrected chi connectivity index (χ1v) is 8.53. The number of nitrogen functional groups attached to an aromatic ring is 1. The molecule has 1 amide bonds. The summed E-state index contributed by atoms with van der Waals surface area (Å²) in [6.45, 7) is 0. The number of amides is 1. The van der Waals surface area contributed by atoms with Crippen LogP contribution in [-0.4, -0.2) is 11.2 Å². The normalized spacial score (nSPS) is 14.9. The summed E-state index contributed by atoms with van der Waals surface area (Å²) >= 11 is 1.88. The summed E-state index contributed by atoms with van der Waals surface area (Å²) in [6, 6.07) is 15.0. The number of nitrogens with two attached hydrogens (primary N) is 1. The van der Waals surface area contributed by atoms with Gasteiger partial charge in [0, 0.05) is 21.4 Å². The van der Waals surface area contributed by atoms with Gasteiger partial charge in [0.25, 0.3) is 5.91 Å². The number of para-hydroxylation sites is 1. The molecule has 114 valence electrons. The lowest BCUT2D eigenvalue weighted by Crippen LogP contribution is -2.12. The van der Waals surface area contributed by atoms with Gasteiger partial charge in [-0.2, -0.15) is 0 Å². The largest absolute Gasteiger partial charge is 0.399 e. The van der Waals surface area contributed by atoms with Gasteiger partial charge in [0.2, 0.25) is 0 Å². The molecular weight excluding hydrogens is 292 g/mol. The molecule has 2 aromatic rings. The third-order valence-electron chi connectivity index (χ3n) is 3.90. The van der Waals surface area contributed by atoms with Gasteiger partial charge in [0.05, 0.1) is 5.69 Å². The number of rotatable bonds is 4. The first-order valence-electron chi connectivity index (χ1n) is 7.65. The molecule has 1 aliphatic rings. The number of thioether (sulfide) groups is 1. The van der Waals surface area contributed by atoms with Crippen LogP contribution in [0.1, 0.15) is 36.0 Å². The molecule has 0 heterocycles. The van der Waals surface area contributed by atoms with Gasteiger partial charge in [-0.3, -0.25) is 4.79 Å². The molecule has 0 aromatic heterocycles. The standard InChI is InChI=1S/C18H20N2OS/c19-14-11-9-13(10-12-14)18(21)20-16-7-3-4-8-17(16)22-15-5-1-2-6-15/h3-4,7-12,15H,1-2,5-6,19H2,(H,20,21). The predicted octanol–water partition coefficient (Wildman–Crippen LogP) is 4.56. The van der Waals surface area contributed by atoms with Crippen LogP contribution in [-0.2, 0) is 0 Å². The Hall–Kier alpha value is -1.94. The minimum absolute atomic E-state index is 0.0977. The quantitative estimate of drug-likeness (QED) is 0.814. The van der Waals surface area contributed by atoms with Crippen LogP contribution in [0.25, 0.3) is 0 Å². The fourth-order valence-electron chi connectivity index (χ4n) is 2.69. The lowest BCUT2D eigenvalue weighted by atomic mass is 10.2. The molecule has 0 atom stereocenters. The molecule has 1 saturated carbocycles. The Balaban J connectivity index is 1.73. The Labute approximate surface area is 135 Å². The predicted molar refractivity (Wildman–Crippen MR) is 93.4 cm³/mol. The summed E-state index contributed by atoms with van der Waals surface area (Å²) in [6.07, 6.45) is 5.17. The van der Waals surface area contributed by atoms with E-state index in [1.807, 2.05) is 30.0 Å². The molecule has 3 rings (SSSR count). The molecule has 0 spiro atoms. The van der Waals surface area contributed by atoms with Gasteiger partial charge < -0.3 is 11.1 Å². The van der Waals surface area contributed by atoms with E-state index in [4.69, 9.17) is 5.73 Å². The third-order valence-corrected chi connectivity index (χ3v) is 5.32. The van der Waals surface area contributed by atoms with Crippen molar-refractivity contribution in [3.8, 4) is 0 Å². The summed E-state index contributed by atoms with van der Waals surface area (Å²) < 4.78 is 0. The van der Waals surface area contributed by atoms with Crippen molar-refractivity contribution in [3.63, 3.8) is 0 Å². The molecule has 22 heavy (non-hydrogen) atoms. The van der Waals surface area contributed by atoms with E-state index in [1.54, 1.807) is 24.3 Å². The SMILES string of the molecule is Nc1ccc(C(=O)Nc2ccccc2SC2CCCC2)cc1. The average molecular weight is 312 g/mol. The molecule has 3 N–H and O–H groups in total. The van der Waals surface area contributed by atoms with Gasteiger partial charge in [-0.1, -0.05) is 25.0 Å². The lowest BCUT2D eigenvalue weighted by molar-refractivity contribution is 0.102. The number of hydrogen-bond donors (Lipinski definition) is 2. The topological polar surface area (TPSA) is 55.1 Å². The van der Waals surface area contributed by atoms with Crippen molar-refractivity contribution < 1.29 is 4.79 Å². The van der Waals surface area contributed by atoms with Gasteiger partial charge in [0.15, 0.2) is 0 Å². The zero-order valence-corrected chi connectivity index (χ0v) is 13.2. The van der Waals surface area contributed by atoms with E-state index in [9.17, 15) is 4.79 Å². The van der Waals surface area contributed by atoms with E-state index in [2.05, 4.69) is 11.4 Å². The molecule has 0 aliphatic heterocycles. The van der Waals surface area contributed by atoms with E-state index in [0.29, 0.717) is 16.5 Å². The highest BCUT2D eigenvalue weighted by molar-refractivity contribution is 8.00. The molecule has 0 bridgehead atoms. The number of carbonyl (C=O) groups excluding carboxylic acids is 1. The smallest absolute Gasteiger partial charge is 0.255 e. The first-order chi connectivity index (χ1) is 10.7. The van der Waals surface area contributed by atoms with Crippen molar-refractivity contribution >= 4 is 29.0 Å². The van der Waals surface area contributed by atoms with Crippen molar-refractivity contribution in [2.24, 2.45) is 0 Å². The van der Waals surface area contributed by atoms with Crippen LogP contribution in [0.3, 0.4) is 0 Å². The zero-order valence-electron chi connectivity index (χ0n) is 12.4. The Morgan fingerprint density at radius 1 is 1.05 bits per heavy atom. The van der Waals surface area contributed by atoms with E-state index in [0.717, 1.165) is 10.6 Å². The molecule has 1 fully saturated rings. The molecule has 0 saturated heterocycles. The second-order valence-electron chi connectivity index (χ2n) is 5.60. The maximum Gasteiger partial charge on any atom is 0.255 e. The Kier molecular flexibility index (Phi) is 4.68. The van der Waals surface area contributed by atoms with Crippen LogP contribution in [0.15, 0.2) is 53.4 Å². The molecule has 0 unspecified atom stereocenters. The van der Waals surface area contributed by atoms with Crippen molar-refractivity contribution in [1.29, 1.82) is 0 Å². The van der Waals surface area contributed by atoms with E-state index < -0.39 is 0 Å². The van der Waals surface area contributed by atoms with Crippen LogP contribution in [0.5, 0.6) is 0 Å². The molecule has 1 aliphatic carbocycles. The van der Waals surface area contributed by atoms with Gasteiger partial charge in [-0.15, -0.1) is 11.8 Å². The number of hydrogen-bond acceptors (Lipinski definition) is 3. The van der Waals surface area contributed by atoms with E-state index >= 15 is 0 Å². The lowest BCUT2D eigenvalue weighted by Gasteiger charge is -2.14.